The summed E-state index contributed by atoms with van der Waals surface area (Å²) in [6.07, 6.45) is 8.30. The fourth-order valence-corrected chi connectivity index (χ4v) is 102. The van der Waals surface area contributed by atoms with Crippen LogP contribution in [-0.2, 0) is 20.8 Å². The number of ether oxygens (including phenoxy) is 1. The first-order valence-corrected chi connectivity index (χ1v) is 18.2. The Balaban J connectivity index is 0.820. The third kappa shape index (κ3) is 0.231. The van der Waals surface area contributed by atoms with E-state index in [0.29, 0.717) is 21.7 Å². The average molecular weight is 426 g/mol. The van der Waals surface area contributed by atoms with Crippen molar-refractivity contribution < 1.29 is 20.8 Å². The quantitative estimate of drug-likeness (QED) is 0.208. The first-order valence-electron chi connectivity index (χ1n) is 12.1. The average Bonchev–Trinajstić information content (AvgIpc) is 3.61. The summed E-state index contributed by atoms with van der Waals surface area (Å²) < 4.78 is 6.87. The second kappa shape index (κ2) is 1.77. The van der Waals surface area contributed by atoms with Crippen molar-refractivity contribution in [2.75, 3.05) is 6.61 Å². The predicted octanol–water partition coefficient (Wildman–Crippen LogP) is 6.78. The molecule has 4 heteroatoms. The van der Waals surface area contributed by atoms with E-state index in [1.807, 2.05) is 6.92 Å². The van der Waals surface area contributed by atoms with Crippen LogP contribution in [0.15, 0.2) is 0 Å². The van der Waals surface area contributed by atoms with Gasteiger partial charge >= 0.3 is 144 Å². The van der Waals surface area contributed by atoms with Gasteiger partial charge in [0.2, 0.25) is 0 Å². The molecule has 10 aliphatic rings. The summed E-state index contributed by atoms with van der Waals surface area (Å²) >= 11 is 0. The maximum absolute atomic E-state index is 13.8. The summed E-state index contributed by atoms with van der Waals surface area (Å²) in [4.78, 5) is 33.5. The van der Waals surface area contributed by atoms with Gasteiger partial charge in [0.05, 0.1) is 6.61 Å². The molecule has 0 bridgehead atoms. The predicted molar refractivity (Wildman–Crippen MR) is 104 cm³/mol. The monoisotopic (exact) mass is 426 g/mol. The zero-order valence-electron chi connectivity index (χ0n) is 17.5. The molecule has 0 aromatic carbocycles. The fraction of sp³-hybridized carbons (Fsp3) is 0.917. The van der Waals surface area contributed by atoms with Crippen molar-refractivity contribution in [3.8, 4) is 0 Å². The van der Waals surface area contributed by atoms with Crippen LogP contribution < -0.4 is 0 Å². The zero-order valence-corrected chi connectivity index (χ0v) is 18.6. The molecule has 0 aliphatic carbocycles. The summed E-state index contributed by atoms with van der Waals surface area (Å²) in [6.45, 7) is 4.29. The Morgan fingerprint density at radius 2 is 1.43 bits per heavy atom. The minimum absolute atomic E-state index is 0.0527. The number of hydrogen-bond donors (Lipinski definition) is 0. The summed E-state index contributed by atoms with van der Waals surface area (Å²) in [7, 11) is 0. The number of rotatable bonds is 11. The van der Waals surface area contributed by atoms with Gasteiger partial charge in [-0.15, -0.1) is 0 Å². The van der Waals surface area contributed by atoms with E-state index in [4.69, 9.17) is 4.74 Å². The molecule has 156 valence electrons. The Morgan fingerprint density at radius 3 is 1.82 bits per heavy atom. The number of hydrogen-bond acceptors (Lipinski definition) is 3. The molecule has 10 rings (SSSR count). The first-order chi connectivity index (χ1) is 13.2. The van der Waals surface area contributed by atoms with E-state index >= 15 is 0 Å². The Hall–Kier alpha value is -0.341. The van der Waals surface area contributed by atoms with Crippen LogP contribution >= 0.6 is 0 Å². The van der Waals surface area contributed by atoms with Crippen molar-refractivity contribution >= 4 is 11.8 Å². The third-order valence-electron chi connectivity index (χ3n) is 19.2. The van der Waals surface area contributed by atoms with E-state index in [1.165, 1.54) is 48.2 Å². The van der Waals surface area contributed by atoms with E-state index in [-0.39, 0.29) is 5.97 Å². The fourth-order valence-electron chi connectivity index (χ4n) is 21.6. The van der Waals surface area contributed by atoms with Gasteiger partial charge in [-0.25, -0.2) is 0 Å². The van der Waals surface area contributed by atoms with Crippen LogP contribution in [0.25, 0.3) is 0 Å². The topological polar surface area (TPSA) is 43.4 Å². The van der Waals surface area contributed by atoms with Gasteiger partial charge in [0.25, 0.3) is 0 Å². The van der Waals surface area contributed by atoms with Crippen LogP contribution in [0.4, 0.5) is 0 Å². The van der Waals surface area contributed by atoms with Gasteiger partial charge < -0.3 is 0 Å². The van der Waals surface area contributed by atoms with E-state index in [0.717, 1.165) is 40.6 Å². The number of unbranched alkanes of at least 4 members (excludes halogenated alkanes) is 5. The Morgan fingerprint density at radius 1 is 0.821 bits per heavy atom. The molecule has 0 aromatic rings. The molecular weight excluding hydrogens is 392 g/mol. The summed E-state index contributed by atoms with van der Waals surface area (Å²) in [5.74, 6) is 0.767. The maximum atomic E-state index is 13.8. The van der Waals surface area contributed by atoms with Crippen LogP contribution in [0.5, 0.6) is 0 Å². The number of esters is 1. The number of ketones is 1. The molecule has 9 unspecified atom stereocenters. The molecule has 9 atom stereocenters. The SMILES string of the molecule is CCOC(=O)CCCCCCCCC(=O)[C]12[CH]3[CH]4[CH]5[C]1(C)[Fe]45321678[CH]2[CH]1[CH]6[C]7(C)[CH]28. The molecule has 10 heterocycles. The van der Waals surface area contributed by atoms with Gasteiger partial charge in [0.1, 0.15) is 0 Å². The van der Waals surface area contributed by atoms with Gasteiger partial charge in [0, 0.05) is 0 Å². The van der Waals surface area contributed by atoms with Crippen molar-refractivity contribution in [1.29, 1.82) is 0 Å². The molecule has 10 saturated heterocycles. The van der Waals surface area contributed by atoms with Gasteiger partial charge in [-0.2, -0.15) is 0 Å². The van der Waals surface area contributed by atoms with Crippen molar-refractivity contribution in [2.45, 2.75) is 119 Å². The van der Waals surface area contributed by atoms with Gasteiger partial charge in [-0.05, 0) is 6.92 Å². The number of carbonyl (C=O) groups excluding carboxylic acids is 2. The van der Waals surface area contributed by atoms with Gasteiger partial charge in [-0.1, -0.05) is 0 Å². The Kier molecular flexibility index (Phi) is 0.923. The molecule has 0 aromatic heterocycles. The van der Waals surface area contributed by atoms with Crippen LogP contribution in [-0.4, -0.2) is 18.4 Å². The van der Waals surface area contributed by atoms with Crippen molar-refractivity contribution in [1.82, 2.24) is 0 Å². The van der Waals surface area contributed by atoms with E-state index < -0.39 is 6.51 Å². The molecule has 10 fully saturated rings. The van der Waals surface area contributed by atoms with Crippen LogP contribution in [0.1, 0.15) is 72.1 Å². The standard InChI is InChI=1S/C18H27O3.C6H7.Fe/c1-3-21-18(20)14-9-7-5-4-6-8-13-17(19)16-12-10-11-15(16)2;1-6-4-2-3-5-6;/h10-12H,3-9,13-14H2,1-2H3;2-5H,1H3;. The Labute approximate surface area is 158 Å². The van der Waals surface area contributed by atoms with Crippen molar-refractivity contribution in [3.63, 3.8) is 0 Å². The second-order valence-corrected chi connectivity index (χ2v) is 37.8. The third-order valence-corrected chi connectivity index (χ3v) is 65.2. The molecule has 28 heavy (non-hydrogen) atoms. The molecule has 1 spiro atoms. The van der Waals surface area contributed by atoms with E-state index in [2.05, 4.69) is 13.8 Å². The zero-order chi connectivity index (χ0) is 19.1. The second-order valence-electron chi connectivity index (χ2n) is 14.4. The number of fused-ring (bicyclic) bond motifs is 10. The molecule has 10 aliphatic heterocycles. The van der Waals surface area contributed by atoms with Crippen molar-refractivity contribution in [3.05, 3.63) is 0 Å². The van der Waals surface area contributed by atoms with Crippen LogP contribution in [0.3, 0.4) is 0 Å². The first kappa shape index (κ1) is 14.6. The number of Topliss-reactive ketones (excluding diaryl/α,β-unsaturated/α-hetero) is 1. The summed E-state index contributed by atoms with van der Waals surface area (Å²) in [5.41, 5.74) is 0. The van der Waals surface area contributed by atoms with E-state index in [1.54, 1.807) is 0 Å². The number of carbonyl (C=O) groups is 2. The molecule has 0 saturated carbocycles. The summed E-state index contributed by atoms with van der Waals surface area (Å²) in [5, 5.41) is 0. The molecule has 0 N–H and O–H groups in total. The Bertz CT molecular complexity index is 1340. The molecular formula is C24H34FeO3. The van der Waals surface area contributed by atoms with Crippen LogP contribution in [0.2, 0.25) is 46.7 Å². The normalized spacial score (nSPS) is 82.0. The van der Waals surface area contributed by atoms with Gasteiger partial charge in [0.15, 0.2) is 0 Å². The molecule has 3 nitrogen and oxygen atoms in total. The molecule has 0 amide bonds. The van der Waals surface area contributed by atoms with Crippen molar-refractivity contribution in [2.24, 2.45) is 0 Å². The van der Waals surface area contributed by atoms with Crippen LogP contribution in [0, 0.1) is 0 Å². The minimum atomic E-state index is -3.49. The van der Waals surface area contributed by atoms with E-state index in [9.17, 15) is 9.59 Å². The molecule has 0 radical (unpaired) electrons. The van der Waals surface area contributed by atoms with Gasteiger partial charge in [-0.3, -0.25) is 0 Å². The summed E-state index contributed by atoms with van der Waals surface area (Å²) in [6, 6.07) is 0.